The van der Waals surface area contributed by atoms with Gasteiger partial charge in [0.15, 0.2) is 5.82 Å². The van der Waals surface area contributed by atoms with Crippen molar-refractivity contribution < 1.29 is 9.53 Å². The van der Waals surface area contributed by atoms with Crippen molar-refractivity contribution in [3.8, 4) is 0 Å². The Morgan fingerprint density at radius 3 is 3.12 bits per heavy atom. The molecule has 0 bridgehead atoms. The van der Waals surface area contributed by atoms with Crippen LogP contribution in [0.2, 0.25) is 0 Å². The maximum atomic E-state index is 11.8. The minimum Gasteiger partial charge on any atom is -0.378 e. The van der Waals surface area contributed by atoms with Crippen molar-refractivity contribution in [2.75, 3.05) is 11.9 Å². The van der Waals surface area contributed by atoms with Crippen molar-refractivity contribution in [3.63, 3.8) is 0 Å². The molecule has 2 N–H and O–H groups in total. The van der Waals surface area contributed by atoms with Crippen molar-refractivity contribution in [1.29, 1.82) is 0 Å². The Balaban J connectivity index is 1.91. The Morgan fingerprint density at radius 2 is 2.56 bits per heavy atom. The molecular weight excluding hydrogens is 206 g/mol. The van der Waals surface area contributed by atoms with E-state index in [4.69, 9.17) is 4.74 Å². The lowest BCUT2D eigenvalue weighted by atomic mass is 10.1. The number of ether oxygens (including phenoxy) is 1. The van der Waals surface area contributed by atoms with Crippen LogP contribution in [-0.2, 0) is 16.0 Å². The lowest BCUT2D eigenvalue weighted by Crippen LogP contribution is -2.23. The first-order valence-corrected chi connectivity index (χ1v) is 5.65. The number of amides is 1. The first-order chi connectivity index (χ1) is 7.69. The van der Waals surface area contributed by atoms with E-state index in [9.17, 15) is 4.79 Å². The average Bonchev–Trinajstić information content (AvgIpc) is 2.87. The van der Waals surface area contributed by atoms with Crippen LogP contribution in [-0.4, -0.2) is 28.8 Å². The van der Waals surface area contributed by atoms with Crippen molar-refractivity contribution >= 4 is 11.7 Å². The summed E-state index contributed by atoms with van der Waals surface area (Å²) in [6.07, 6.45) is 1.85. The van der Waals surface area contributed by atoms with Crippen molar-refractivity contribution in [2.24, 2.45) is 5.92 Å². The van der Waals surface area contributed by atoms with Gasteiger partial charge in [0, 0.05) is 11.8 Å². The van der Waals surface area contributed by atoms with Gasteiger partial charge in [-0.1, -0.05) is 6.92 Å². The predicted octanol–water partition coefficient (Wildman–Crippen LogP) is 1.34. The highest BCUT2D eigenvalue weighted by Gasteiger charge is 2.28. The standard InChI is InChI=1S/C11H17N3O2/c1-3-9-5-10(14-13-9)12-11(15)8-4-7(2)16-6-8/h5,7-8H,3-4,6H2,1-2H3,(H2,12,13,14,15). The summed E-state index contributed by atoms with van der Waals surface area (Å²) in [6, 6.07) is 1.86. The van der Waals surface area contributed by atoms with Crippen LogP contribution < -0.4 is 5.32 Å². The summed E-state index contributed by atoms with van der Waals surface area (Å²) in [4.78, 5) is 11.8. The highest BCUT2D eigenvalue weighted by atomic mass is 16.5. The van der Waals surface area contributed by atoms with Gasteiger partial charge in [0.2, 0.25) is 5.91 Å². The second kappa shape index (κ2) is 4.65. The number of carbonyl (C=O) groups is 1. The zero-order valence-electron chi connectivity index (χ0n) is 9.62. The van der Waals surface area contributed by atoms with Gasteiger partial charge < -0.3 is 10.1 Å². The number of carbonyl (C=O) groups excluding carboxylic acids is 1. The van der Waals surface area contributed by atoms with E-state index in [0.29, 0.717) is 12.4 Å². The Kier molecular flexibility index (Phi) is 3.24. The van der Waals surface area contributed by atoms with Crippen LogP contribution in [0.1, 0.15) is 26.0 Å². The summed E-state index contributed by atoms with van der Waals surface area (Å²) in [5, 5.41) is 9.68. The molecule has 0 aliphatic carbocycles. The van der Waals surface area contributed by atoms with Crippen LogP contribution >= 0.6 is 0 Å². The number of aryl methyl sites for hydroxylation is 1. The van der Waals surface area contributed by atoms with E-state index in [1.54, 1.807) is 0 Å². The first kappa shape index (κ1) is 11.1. The van der Waals surface area contributed by atoms with Gasteiger partial charge in [0.1, 0.15) is 0 Å². The normalized spacial score (nSPS) is 24.6. The monoisotopic (exact) mass is 223 g/mol. The number of anilines is 1. The van der Waals surface area contributed by atoms with Gasteiger partial charge in [0.05, 0.1) is 18.6 Å². The number of nitrogens with one attached hydrogen (secondary N) is 2. The Bertz CT molecular complexity index is 375. The van der Waals surface area contributed by atoms with Crippen molar-refractivity contribution in [2.45, 2.75) is 32.8 Å². The molecule has 1 aromatic rings. The third-order valence-corrected chi connectivity index (χ3v) is 2.83. The maximum absolute atomic E-state index is 11.8. The molecule has 0 aromatic carbocycles. The fourth-order valence-electron chi connectivity index (χ4n) is 1.83. The molecule has 88 valence electrons. The maximum Gasteiger partial charge on any atom is 0.231 e. The van der Waals surface area contributed by atoms with Gasteiger partial charge in [-0.2, -0.15) is 5.10 Å². The molecule has 2 atom stereocenters. The summed E-state index contributed by atoms with van der Waals surface area (Å²) in [6.45, 7) is 4.53. The second-order valence-corrected chi connectivity index (χ2v) is 4.20. The quantitative estimate of drug-likeness (QED) is 0.812. The van der Waals surface area contributed by atoms with Crippen LogP contribution in [0.25, 0.3) is 0 Å². The number of aromatic amines is 1. The molecule has 1 aliphatic rings. The smallest absolute Gasteiger partial charge is 0.231 e. The van der Waals surface area contributed by atoms with E-state index < -0.39 is 0 Å². The minimum atomic E-state index is -0.0447. The van der Waals surface area contributed by atoms with E-state index in [1.165, 1.54) is 0 Å². The largest absolute Gasteiger partial charge is 0.378 e. The summed E-state index contributed by atoms with van der Waals surface area (Å²) in [7, 11) is 0. The molecule has 1 amide bonds. The lowest BCUT2D eigenvalue weighted by molar-refractivity contribution is -0.119. The highest BCUT2D eigenvalue weighted by molar-refractivity contribution is 5.91. The zero-order valence-corrected chi connectivity index (χ0v) is 9.62. The molecular formula is C11H17N3O2. The molecule has 2 heterocycles. The number of hydrogen-bond donors (Lipinski definition) is 2. The van der Waals surface area contributed by atoms with Gasteiger partial charge in [-0.3, -0.25) is 9.89 Å². The van der Waals surface area contributed by atoms with Crippen LogP contribution in [0.5, 0.6) is 0 Å². The molecule has 16 heavy (non-hydrogen) atoms. The Morgan fingerprint density at radius 1 is 1.75 bits per heavy atom. The summed E-state index contributed by atoms with van der Waals surface area (Å²) in [5.41, 5.74) is 1.02. The van der Waals surface area contributed by atoms with Crippen LogP contribution in [0.15, 0.2) is 6.07 Å². The molecule has 0 radical (unpaired) electrons. The molecule has 1 saturated heterocycles. The van der Waals surface area contributed by atoms with Gasteiger partial charge in [-0.15, -0.1) is 0 Å². The van der Waals surface area contributed by atoms with Crippen molar-refractivity contribution in [3.05, 3.63) is 11.8 Å². The number of nitrogens with zero attached hydrogens (tertiary/aromatic N) is 1. The number of rotatable bonds is 3. The van der Waals surface area contributed by atoms with Gasteiger partial charge in [-0.25, -0.2) is 0 Å². The van der Waals surface area contributed by atoms with Crippen LogP contribution in [0, 0.1) is 5.92 Å². The predicted molar refractivity (Wildman–Crippen MR) is 60.1 cm³/mol. The molecule has 1 aromatic heterocycles. The molecule has 1 fully saturated rings. The molecule has 1 aliphatic heterocycles. The van der Waals surface area contributed by atoms with Crippen LogP contribution in [0.3, 0.4) is 0 Å². The lowest BCUT2D eigenvalue weighted by Gasteiger charge is -2.06. The number of H-pyrrole nitrogens is 1. The van der Waals surface area contributed by atoms with Gasteiger partial charge in [-0.05, 0) is 19.8 Å². The number of hydrogen-bond acceptors (Lipinski definition) is 3. The number of aromatic nitrogens is 2. The fourth-order valence-corrected chi connectivity index (χ4v) is 1.83. The summed E-state index contributed by atoms with van der Waals surface area (Å²) in [5.74, 6) is 0.552. The summed E-state index contributed by atoms with van der Waals surface area (Å²) >= 11 is 0. The van der Waals surface area contributed by atoms with E-state index in [2.05, 4.69) is 15.5 Å². The van der Waals surface area contributed by atoms with E-state index in [-0.39, 0.29) is 17.9 Å². The molecule has 0 saturated carbocycles. The SMILES string of the molecule is CCc1cc(NC(=O)C2COC(C)C2)n[nH]1. The molecule has 0 spiro atoms. The molecule has 2 rings (SSSR count). The molecule has 2 unspecified atom stereocenters. The third-order valence-electron chi connectivity index (χ3n) is 2.83. The van der Waals surface area contributed by atoms with Crippen molar-refractivity contribution in [1.82, 2.24) is 10.2 Å². The summed E-state index contributed by atoms with van der Waals surface area (Å²) < 4.78 is 5.36. The van der Waals surface area contributed by atoms with E-state index in [0.717, 1.165) is 18.5 Å². The molecule has 5 heteroatoms. The average molecular weight is 223 g/mol. The Hall–Kier alpha value is -1.36. The fraction of sp³-hybridized carbons (Fsp3) is 0.636. The minimum absolute atomic E-state index is 0.00139. The second-order valence-electron chi connectivity index (χ2n) is 4.20. The first-order valence-electron chi connectivity index (χ1n) is 5.65. The van der Waals surface area contributed by atoms with E-state index >= 15 is 0 Å². The van der Waals surface area contributed by atoms with Gasteiger partial charge in [0.25, 0.3) is 0 Å². The highest BCUT2D eigenvalue weighted by Crippen LogP contribution is 2.20. The zero-order chi connectivity index (χ0) is 11.5. The van der Waals surface area contributed by atoms with E-state index in [1.807, 2.05) is 19.9 Å². The van der Waals surface area contributed by atoms with Crippen LogP contribution in [0.4, 0.5) is 5.82 Å². The van der Waals surface area contributed by atoms with Gasteiger partial charge >= 0.3 is 0 Å². The topological polar surface area (TPSA) is 67.0 Å². The molecule has 5 nitrogen and oxygen atoms in total. The Labute approximate surface area is 94.6 Å². The third kappa shape index (κ3) is 2.41.